The van der Waals surface area contributed by atoms with Gasteiger partial charge >= 0.3 is 0 Å². The molecule has 0 atom stereocenters. The van der Waals surface area contributed by atoms with Gasteiger partial charge in [0.05, 0.1) is 29.0 Å². The molecule has 0 spiro atoms. The zero-order chi connectivity index (χ0) is 20.6. The average molecular weight is 349 g/mol. The second-order valence-electron chi connectivity index (χ2n) is 5.94. The van der Waals surface area contributed by atoms with Gasteiger partial charge in [-0.1, -0.05) is 18.2 Å². The fourth-order valence-corrected chi connectivity index (χ4v) is 3.19. The van der Waals surface area contributed by atoms with Gasteiger partial charge in [-0.2, -0.15) is 5.10 Å². The zero-order valence-electron chi connectivity index (χ0n) is 17.0. The molecule has 0 bridgehead atoms. The van der Waals surface area contributed by atoms with E-state index in [1.807, 2.05) is 42.7 Å². The summed E-state index contributed by atoms with van der Waals surface area (Å²) in [4.78, 5) is 19.0. The predicted octanol–water partition coefficient (Wildman–Crippen LogP) is 2.59. The lowest BCUT2D eigenvalue weighted by atomic mass is 9.97. The van der Waals surface area contributed by atoms with E-state index in [1.54, 1.807) is 12.3 Å². The number of carbonyl (C=O) groups is 1. The number of para-hydroxylation sites is 1. The smallest absolute Gasteiger partial charge is 0.273 e. The quantitative estimate of drug-likeness (QED) is 0.756. The van der Waals surface area contributed by atoms with E-state index in [-0.39, 0.29) is 5.69 Å². The van der Waals surface area contributed by atoms with Crippen molar-refractivity contribution in [2.75, 3.05) is 24.2 Å². The molecule has 0 radical (unpaired) electrons. The molecule has 26 heavy (non-hydrogen) atoms. The van der Waals surface area contributed by atoms with Crippen LogP contribution in [0, 0.1) is 0 Å². The van der Waals surface area contributed by atoms with Gasteiger partial charge in [-0.15, -0.1) is 5.10 Å². The van der Waals surface area contributed by atoms with Gasteiger partial charge in [0.2, 0.25) is 0 Å². The summed E-state index contributed by atoms with van der Waals surface area (Å²) in [6.45, 7) is -1.93. The number of fused-ring (bicyclic) bond motifs is 3. The first-order valence-corrected chi connectivity index (χ1v) is 8.03. The van der Waals surface area contributed by atoms with Gasteiger partial charge in [0.15, 0.2) is 5.69 Å². The molecule has 7 nitrogen and oxygen atoms in total. The van der Waals surface area contributed by atoms with Crippen molar-refractivity contribution < 1.29 is 8.91 Å². The lowest BCUT2D eigenvalue weighted by Crippen LogP contribution is -2.24. The van der Waals surface area contributed by atoms with E-state index in [9.17, 15) is 4.79 Å². The standard InChI is InChI=1S/C19H18N6O/c1-20-19(26)17-14(8-10-22-24-17)23-15-7-3-6-13-16-12(5-4-9-21-16)11-25(2)18(13)15/h3-10H,11H2,1-2H3,(H,20,26)(H,22,23)/i1D3. The van der Waals surface area contributed by atoms with Gasteiger partial charge in [-0.05, 0) is 23.8 Å². The first-order chi connectivity index (χ1) is 13.8. The number of benzene rings is 1. The van der Waals surface area contributed by atoms with Crippen LogP contribution in [0.2, 0.25) is 0 Å². The SMILES string of the molecule is [2H]C([2H])([2H])NC(=O)c1nnccc1Nc1cccc2c1N(C)Cc1cccnc1-2. The first-order valence-electron chi connectivity index (χ1n) is 9.53. The maximum absolute atomic E-state index is 12.4. The van der Waals surface area contributed by atoms with E-state index in [1.165, 1.54) is 6.20 Å². The topological polar surface area (TPSA) is 83.0 Å². The Labute approximate surface area is 155 Å². The number of carbonyl (C=O) groups excluding carboxylic acids is 1. The van der Waals surface area contributed by atoms with Crippen molar-refractivity contribution in [2.45, 2.75) is 6.54 Å². The highest BCUT2D eigenvalue weighted by atomic mass is 16.1. The van der Waals surface area contributed by atoms with Crippen LogP contribution in [-0.2, 0) is 6.54 Å². The molecule has 1 amide bonds. The summed E-state index contributed by atoms with van der Waals surface area (Å²) < 4.78 is 21.7. The van der Waals surface area contributed by atoms with Crippen molar-refractivity contribution in [1.82, 2.24) is 20.5 Å². The van der Waals surface area contributed by atoms with Crippen molar-refractivity contribution in [3.05, 3.63) is 60.0 Å². The molecule has 0 fully saturated rings. The third kappa shape index (κ3) is 2.63. The van der Waals surface area contributed by atoms with E-state index >= 15 is 0 Å². The first kappa shape index (κ1) is 12.8. The summed E-state index contributed by atoms with van der Waals surface area (Å²) in [7, 11) is 1.98. The molecule has 7 heteroatoms. The molecular weight excluding hydrogens is 328 g/mol. The van der Waals surface area contributed by atoms with E-state index < -0.39 is 12.9 Å². The zero-order valence-corrected chi connectivity index (χ0v) is 14.0. The lowest BCUT2D eigenvalue weighted by molar-refractivity contribution is 0.0958. The van der Waals surface area contributed by atoms with E-state index in [0.29, 0.717) is 12.2 Å². The average Bonchev–Trinajstić information content (AvgIpc) is 2.67. The highest BCUT2D eigenvalue weighted by Crippen LogP contribution is 2.42. The largest absolute Gasteiger partial charge is 0.368 e. The third-order valence-electron chi connectivity index (χ3n) is 4.29. The predicted molar refractivity (Wildman–Crippen MR) is 100 cm³/mol. The van der Waals surface area contributed by atoms with E-state index in [0.717, 1.165) is 28.2 Å². The molecule has 2 N–H and O–H groups in total. The van der Waals surface area contributed by atoms with Crippen molar-refractivity contribution >= 4 is 23.0 Å². The fourth-order valence-electron chi connectivity index (χ4n) is 3.19. The van der Waals surface area contributed by atoms with Gasteiger partial charge in [-0.25, -0.2) is 0 Å². The van der Waals surface area contributed by atoms with Crippen molar-refractivity contribution in [1.29, 1.82) is 0 Å². The van der Waals surface area contributed by atoms with Crippen LogP contribution in [0.25, 0.3) is 11.3 Å². The molecule has 3 aromatic rings. The van der Waals surface area contributed by atoms with Crippen LogP contribution in [0.4, 0.5) is 17.1 Å². The van der Waals surface area contributed by atoms with Gasteiger partial charge in [0.1, 0.15) is 0 Å². The van der Waals surface area contributed by atoms with E-state index in [4.69, 9.17) is 4.11 Å². The Hall–Kier alpha value is -3.48. The fraction of sp³-hybridized carbons (Fsp3) is 0.158. The van der Waals surface area contributed by atoms with Crippen molar-refractivity contribution in [3.63, 3.8) is 0 Å². The van der Waals surface area contributed by atoms with Crippen molar-refractivity contribution in [2.24, 2.45) is 0 Å². The summed E-state index contributed by atoms with van der Waals surface area (Å²) in [6, 6.07) is 11.3. The van der Waals surface area contributed by atoms with Crippen LogP contribution in [0.15, 0.2) is 48.8 Å². The number of amides is 1. The molecule has 1 aliphatic rings. The van der Waals surface area contributed by atoms with Crippen LogP contribution in [0.1, 0.15) is 20.2 Å². The Morgan fingerprint density at radius 3 is 3.00 bits per heavy atom. The Morgan fingerprint density at radius 2 is 2.12 bits per heavy atom. The summed E-state index contributed by atoms with van der Waals surface area (Å²) in [5, 5.41) is 12.7. The molecule has 1 aliphatic heterocycles. The third-order valence-corrected chi connectivity index (χ3v) is 4.29. The van der Waals surface area contributed by atoms with Crippen LogP contribution in [0.3, 0.4) is 0 Å². The molecule has 2 aromatic heterocycles. The maximum Gasteiger partial charge on any atom is 0.273 e. The number of nitrogens with zero attached hydrogens (tertiary/aromatic N) is 4. The van der Waals surface area contributed by atoms with Crippen molar-refractivity contribution in [3.8, 4) is 11.3 Å². The van der Waals surface area contributed by atoms with Gasteiger partial charge in [0.25, 0.3) is 5.91 Å². The highest BCUT2D eigenvalue weighted by Gasteiger charge is 2.24. The van der Waals surface area contributed by atoms with Crippen LogP contribution in [0.5, 0.6) is 0 Å². The molecule has 1 aromatic carbocycles. The number of aromatic nitrogens is 3. The second kappa shape index (κ2) is 6.44. The molecular formula is C19H18N6O. The van der Waals surface area contributed by atoms with Gasteiger partial charge < -0.3 is 15.5 Å². The lowest BCUT2D eigenvalue weighted by Gasteiger charge is -2.31. The monoisotopic (exact) mass is 349 g/mol. The highest BCUT2D eigenvalue weighted by molar-refractivity contribution is 5.99. The summed E-state index contributed by atoms with van der Waals surface area (Å²) in [6.07, 6.45) is 3.20. The number of nitrogens with one attached hydrogen (secondary N) is 2. The second-order valence-corrected chi connectivity index (χ2v) is 5.94. The molecule has 4 rings (SSSR count). The summed E-state index contributed by atoms with van der Waals surface area (Å²) in [5.41, 5.74) is 4.94. The summed E-state index contributed by atoms with van der Waals surface area (Å²) >= 11 is 0. The van der Waals surface area contributed by atoms with Gasteiger partial charge in [0, 0.05) is 36.4 Å². The molecule has 0 aliphatic carbocycles. The number of pyridine rings is 1. The molecule has 0 saturated heterocycles. The molecule has 3 heterocycles. The van der Waals surface area contributed by atoms with Crippen LogP contribution in [-0.4, -0.2) is 35.1 Å². The Bertz CT molecular complexity index is 1090. The Balaban J connectivity index is 1.74. The minimum Gasteiger partial charge on any atom is -0.368 e. The Kier molecular flexibility index (Phi) is 3.17. The normalized spacial score (nSPS) is 14.3. The van der Waals surface area contributed by atoms with Gasteiger partial charge in [-0.3, -0.25) is 9.78 Å². The number of rotatable bonds is 3. The van der Waals surface area contributed by atoms with Crippen LogP contribution < -0.4 is 15.5 Å². The number of hydrogen-bond donors (Lipinski definition) is 2. The minimum atomic E-state index is -2.62. The molecule has 0 unspecified atom stereocenters. The Morgan fingerprint density at radius 1 is 1.19 bits per heavy atom. The number of anilines is 3. The number of hydrogen-bond acceptors (Lipinski definition) is 6. The maximum atomic E-state index is 12.4. The summed E-state index contributed by atoms with van der Waals surface area (Å²) in [5.74, 6) is -0.828. The molecule has 0 saturated carbocycles. The molecule has 130 valence electrons. The van der Waals surface area contributed by atoms with E-state index in [2.05, 4.69) is 25.4 Å². The van der Waals surface area contributed by atoms with Crippen LogP contribution >= 0.6 is 0 Å². The minimum absolute atomic E-state index is 0.0989.